The number of ketones is 1. The summed E-state index contributed by atoms with van der Waals surface area (Å²) in [6.45, 7) is 5.95. The fraction of sp³-hybridized carbons (Fsp3) is 0.357. The van der Waals surface area contributed by atoms with Gasteiger partial charge in [0.1, 0.15) is 0 Å². The van der Waals surface area contributed by atoms with Crippen LogP contribution in [0, 0.1) is 6.92 Å². The first-order valence-corrected chi connectivity index (χ1v) is 11.6. The summed E-state index contributed by atoms with van der Waals surface area (Å²) in [7, 11) is 3.21. The number of Topliss-reactive ketones (excluding diaryl/α,β-unsaturated/α-hetero) is 1. The van der Waals surface area contributed by atoms with E-state index >= 15 is 0 Å². The largest absolute Gasteiger partial charge is 0.493 e. The van der Waals surface area contributed by atoms with Gasteiger partial charge in [-0.15, -0.1) is 0 Å². The van der Waals surface area contributed by atoms with E-state index in [1.165, 1.54) is 0 Å². The number of nitrogens with one attached hydrogen (secondary N) is 1. The first kappa shape index (κ1) is 23.6. The van der Waals surface area contributed by atoms with Crippen LogP contribution in [0.25, 0.3) is 0 Å². The highest BCUT2D eigenvalue weighted by atomic mass is 16.5. The number of ether oxygens (including phenoxy) is 3. The number of dihydropyridines is 1. The number of hydrogen-bond acceptors (Lipinski definition) is 6. The van der Waals surface area contributed by atoms with E-state index in [1.807, 2.05) is 56.3 Å². The molecule has 0 saturated heterocycles. The van der Waals surface area contributed by atoms with Gasteiger partial charge in [-0.2, -0.15) is 0 Å². The van der Waals surface area contributed by atoms with Crippen LogP contribution in [0.3, 0.4) is 0 Å². The van der Waals surface area contributed by atoms with E-state index < -0.39 is 5.92 Å². The summed E-state index contributed by atoms with van der Waals surface area (Å²) >= 11 is 0. The fourth-order valence-corrected chi connectivity index (χ4v) is 5.04. The van der Waals surface area contributed by atoms with Crippen molar-refractivity contribution < 1.29 is 23.8 Å². The molecule has 1 heterocycles. The fourth-order valence-electron chi connectivity index (χ4n) is 5.04. The van der Waals surface area contributed by atoms with Crippen LogP contribution in [0.1, 0.15) is 55.2 Å². The normalized spacial score (nSPS) is 20.0. The van der Waals surface area contributed by atoms with Gasteiger partial charge in [-0.1, -0.05) is 35.9 Å². The summed E-state index contributed by atoms with van der Waals surface area (Å²) in [5.74, 6) is 0.487. The molecule has 0 aromatic heterocycles. The lowest BCUT2D eigenvalue weighted by Gasteiger charge is -2.36. The highest BCUT2D eigenvalue weighted by molar-refractivity contribution is 6.04. The minimum atomic E-state index is -0.450. The zero-order chi connectivity index (χ0) is 24.4. The molecule has 0 unspecified atom stereocenters. The standard InChI is InChI=1S/C28H31NO5/c1-6-34-28(31)25-17(3)29-21-13-20(18-10-11-23(32-4)24(15-18)33-5)14-22(30)27(21)26(25)19-9-7-8-16(2)12-19/h7-12,15,20,26,29H,6,13-14H2,1-5H3/t20-,26-/m1/s1. The van der Waals surface area contributed by atoms with Crippen LogP contribution in [0.15, 0.2) is 65.0 Å². The Hall–Kier alpha value is -3.54. The van der Waals surface area contributed by atoms with Crippen LogP contribution < -0.4 is 14.8 Å². The Morgan fingerprint density at radius 1 is 1.00 bits per heavy atom. The maximum absolute atomic E-state index is 13.7. The second kappa shape index (κ2) is 9.75. The van der Waals surface area contributed by atoms with E-state index in [0.29, 0.717) is 35.5 Å². The van der Waals surface area contributed by atoms with Crippen molar-refractivity contribution in [2.75, 3.05) is 20.8 Å². The zero-order valence-electron chi connectivity index (χ0n) is 20.4. The minimum absolute atomic E-state index is 0.00587. The molecule has 6 heteroatoms. The topological polar surface area (TPSA) is 73.9 Å². The molecule has 178 valence electrons. The average molecular weight is 462 g/mol. The number of benzene rings is 2. The molecule has 6 nitrogen and oxygen atoms in total. The van der Waals surface area contributed by atoms with Crippen molar-refractivity contribution in [3.05, 3.63) is 81.7 Å². The van der Waals surface area contributed by atoms with Crippen LogP contribution in [-0.4, -0.2) is 32.6 Å². The molecule has 0 amide bonds. The first-order chi connectivity index (χ1) is 16.4. The molecule has 1 N–H and O–H groups in total. The number of aryl methyl sites for hydroxylation is 1. The van der Waals surface area contributed by atoms with E-state index in [4.69, 9.17) is 14.2 Å². The summed E-state index contributed by atoms with van der Waals surface area (Å²) in [6, 6.07) is 13.8. The van der Waals surface area contributed by atoms with Gasteiger partial charge in [0, 0.05) is 29.3 Å². The number of methoxy groups -OCH3 is 2. The van der Waals surface area contributed by atoms with E-state index in [1.54, 1.807) is 21.1 Å². The zero-order valence-corrected chi connectivity index (χ0v) is 20.4. The minimum Gasteiger partial charge on any atom is -0.493 e. The van der Waals surface area contributed by atoms with Gasteiger partial charge in [0.15, 0.2) is 17.3 Å². The van der Waals surface area contributed by atoms with E-state index in [9.17, 15) is 9.59 Å². The molecule has 2 aromatic rings. The van der Waals surface area contributed by atoms with Gasteiger partial charge in [0.25, 0.3) is 0 Å². The maximum atomic E-state index is 13.7. The summed E-state index contributed by atoms with van der Waals surface area (Å²) in [5, 5.41) is 3.38. The third-order valence-electron chi connectivity index (χ3n) is 6.58. The van der Waals surface area contributed by atoms with Gasteiger partial charge in [-0.3, -0.25) is 4.79 Å². The van der Waals surface area contributed by atoms with E-state index in [-0.39, 0.29) is 24.3 Å². The molecular formula is C28H31NO5. The molecule has 0 saturated carbocycles. The highest BCUT2D eigenvalue weighted by Gasteiger charge is 2.41. The van der Waals surface area contributed by atoms with Crippen LogP contribution in [0.4, 0.5) is 0 Å². The lowest BCUT2D eigenvalue weighted by molar-refractivity contribution is -0.138. The monoisotopic (exact) mass is 461 g/mol. The number of hydrogen-bond donors (Lipinski definition) is 1. The van der Waals surface area contributed by atoms with Crippen molar-refractivity contribution in [3.63, 3.8) is 0 Å². The van der Waals surface area contributed by atoms with Crippen molar-refractivity contribution in [3.8, 4) is 11.5 Å². The van der Waals surface area contributed by atoms with Gasteiger partial charge in [0.05, 0.1) is 26.4 Å². The molecule has 2 aromatic carbocycles. The Labute approximate surface area is 200 Å². The molecule has 0 radical (unpaired) electrons. The van der Waals surface area contributed by atoms with Crippen LogP contribution in [-0.2, 0) is 14.3 Å². The van der Waals surface area contributed by atoms with Gasteiger partial charge < -0.3 is 19.5 Å². The van der Waals surface area contributed by atoms with Crippen LogP contribution in [0.5, 0.6) is 11.5 Å². The predicted octanol–water partition coefficient (Wildman–Crippen LogP) is 4.94. The quantitative estimate of drug-likeness (QED) is 0.615. The smallest absolute Gasteiger partial charge is 0.336 e. The lowest BCUT2D eigenvalue weighted by Crippen LogP contribution is -2.36. The summed E-state index contributed by atoms with van der Waals surface area (Å²) in [5.41, 5.74) is 5.78. The third-order valence-corrected chi connectivity index (χ3v) is 6.58. The third kappa shape index (κ3) is 4.32. The molecule has 2 aliphatic rings. The molecule has 0 bridgehead atoms. The Bertz CT molecular complexity index is 1190. The summed E-state index contributed by atoms with van der Waals surface area (Å²) < 4.78 is 16.2. The van der Waals surface area contributed by atoms with Crippen molar-refractivity contribution in [2.45, 2.75) is 45.4 Å². The highest BCUT2D eigenvalue weighted by Crippen LogP contribution is 2.46. The molecule has 4 rings (SSSR count). The summed E-state index contributed by atoms with van der Waals surface area (Å²) in [4.78, 5) is 26.7. The molecule has 1 aliphatic heterocycles. The number of carbonyl (C=O) groups excluding carboxylic acids is 2. The lowest BCUT2D eigenvalue weighted by atomic mass is 9.71. The van der Waals surface area contributed by atoms with Crippen molar-refractivity contribution in [2.24, 2.45) is 0 Å². The Balaban J connectivity index is 1.78. The van der Waals surface area contributed by atoms with Crippen LogP contribution >= 0.6 is 0 Å². The number of carbonyl (C=O) groups is 2. The molecule has 2 atom stereocenters. The number of rotatable bonds is 6. The Kier molecular flexibility index (Phi) is 6.77. The van der Waals surface area contributed by atoms with Crippen molar-refractivity contribution in [1.29, 1.82) is 0 Å². The van der Waals surface area contributed by atoms with Crippen LogP contribution in [0.2, 0.25) is 0 Å². The first-order valence-electron chi connectivity index (χ1n) is 11.6. The Morgan fingerprint density at radius 3 is 2.44 bits per heavy atom. The molecule has 34 heavy (non-hydrogen) atoms. The van der Waals surface area contributed by atoms with Gasteiger partial charge in [-0.25, -0.2) is 4.79 Å². The Morgan fingerprint density at radius 2 is 1.76 bits per heavy atom. The van der Waals surface area contributed by atoms with Gasteiger partial charge in [0.2, 0.25) is 0 Å². The SMILES string of the molecule is CCOC(=O)C1=C(C)NC2=C(C(=O)C[C@H](c3ccc(OC)c(OC)c3)C2)[C@@H]1c1cccc(C)c1. The maximum Gasteiger partial charge on any atom is 0.336 e. The van der Waals surface area contributed by atoms with Crippen molar-refractivity contribution in [1.82, 2.24) is 5.32 Å². The molecule has 0 fully saturated rings. The number of allylic oxidation sites excluding steroid dienone is 3. The second-order valence-corrected chi connectivity index (χ2v) is 8.77. The summed E-state index contributed by atoms with van der Waals surface area (Å²) in [6.07, 6.45) is 1.01. The van der Waals surface area contributed by atoms with E-state index in [2.05, 4.69) is 5.32 Å². The molecular weight excluding hydrogens is 430 g/mol. The van der Waals surface area contributed by atoms with Gasteiger partial charge in [-0.05, 0) is 56.4 Å². The second-order valence-electron chi connectivity index (χ2n) is 8.77. The number of esters is 1. The van der Waals surface area contributed by atoms with E-state index in [0.717, 1.165) is 28.1 Å². The predicted molar refractivity (Wildman–Crippen MR) is 130 cm³/mol. The van der Waals surface area contributed by atoms with Gasteiger partial charge >= 0.3 is 5.97 Å². The van der Waals surface area contributed by atoms with Crippen molar-refractivity contribution >= 4 is 11.8 Å². The molecule has 1 aliphatic carbocycles. The molecule has 0 spiro atoms. The average Bonchev–Trinajstić information content (AvgIpc) is 2.82.